The maximum atomic E-state index is 15.1. The van der Waals surface area contributed by atoms with Gasteiger partial charge in [0.15, 0.2) is 0 Å². The number of carboxylic acid groups (broad SMARTS) is 1. The fraction of sp³-hybridized carbons (Fsp3) is 0.474. The van der Waals surface area contributed by atoms with Gasteiger partial charge < -0.3 is 35.1 Å². The summed E-state index contributed by atoms with van der Waals surface area (Å²) in [7, 11) is -1.50. The summed E-state index contributed by atoms with van der Waals surface area (Å²) < 4.78 is 36.8. The van der Waals surface area contributed by atoms with E-state index < -0.39 is 67.7 Å². The second kappa shape index (κ2) is 18.8. The number of rotatable bonds is 18. The van der Waals surface area contributed by atoms with Crippen LogP contribution in [0.5, 0.6) is 0 Å². The molecule has 284 valence electrons. The van der Waals surface area contributed by atoms with Gasteiger partial charge >= 0.3 is 12.1 Å². The number of carbonyl (C=O) groups excluding carboxylic acids is 3. The molecule has 0 fully saturated rings. The van der Waals surface area contributed by atoms with E-state index in [0.717, 1.165) is 29.8 Å². The Labute approximate surface area is 305 Å². The van der Waals surface area contributed by atoms with Crippen molar-refractivity contribution in [3.63, 3.8) is 0 Å². The molecule has 0 radical (unpaired) electrons. The van der Waals surface area contributed by atoms with Crippen LogP contribution in [0.25, 0.3) is 11.1 Å². The number of hydrogen-bond acceptors (Lipinski definition) is 6. The standard InChI is InChI=1S/C38H52F2N4O7Si/c1-38(2,3)36(32-20-27(30-21-28(39)12-13-31(30)40)24-43(32)23-26-10-8-7-9-11-26)44(34(47)25-45)17-16-29(22-41-33(46)14-15-35(48)49)42-37(50)51-18-19-52(4,5)6/h7-13,20-21,24,29,36,45H,14-19,22-23,25H2,1-6H3,(H,41,46)(H,42,50)(H,48,49)/t29-,36?/m0/s1. The zero-order valence-corrected chi connectivity index (χ0v) is 31.9. The molecule has 0 spiro atoms. The Morgan fingerprint density at radius 3 is 2.31 bits per heavy atom. The van der Waals surface area contributed by atoms with Crippen molar-refractivity contribution in [2.24, 2.45) is 5.41 Å². The molecule has 3 aromatic rings. The molecule has 3 rings (SSSR count). The Hall–Kier alpha value is -4.56. The summed E-state index contributed by atoms with van der Waals surface area (Å²) >= 11 is 0. The summed E-state index contributed by atoms with van der Waals surface area (Å²) in [4.78, 5) is 51.4. The second-order valence-corrected chi connectivity index (χ2v) is 20.8. The molecular weight excluding hydrogens is 691 g/mol. The summed E-state index contributed by atoms with van der Waals surface area (Å²) in [5.41, 5.74) is 1.32. The molecule has 14 heteroatoms. The fourth-order valence-electron chi connectivity index (χ4n) is 5.82. The zero-order chi connectivity index (χ0) is 38.6. The average molecular weight is 743 g/mol. The molecule has 3 amide bonds. The van der Waals surface area contributed by atoms with E-state index in [1.807, 2.05) is 55.7 Å². The Kier molecular flexibility index (Phi) is 15.1. The van der Waals surface area contributed by atoms with Crippen molar-refractivity contribution >= 4 is 32.0 Å². The van der Waals surface area contributed by atoms with Gasteiger partial charge in [0.1, 0.15) is 18.2 Å². The first kappa shape index (κ1) is 41.9. The van der Waals surface area contributed by atoms with Crippen molar-refractivity contribution in [2.75, 3.05) is 26.3 Å². The van der Waals surface area contributed by atoms with Crippen molar-refractivity contribution in [1.82, 2.24) is 20.1 Å². The van der Waals surface area contributed by atoms with E-state index >= 15 is 4.39 Å². The van der Waals surface area contributed by atoms with Crippen LogP contribution in [0.2, 0.25) is 25.7 Å². The lowest BCUT2D eigenvalue weighted by Crippen LogP contribution is -2.48. The first-order valence-corrected chi connectivity index (χ1v) is 21.1. The van der Waals surface area contributed by atoms with Gasteiger partial charge in [-0.1, -0.05) is 70.7 Å². The number of hydrogen-bond donors (Lipinski definition) is 4. The monoisotopic (exact) mass is 742 g/mol. The molecule has 1 aromatic heterocycles. The number of aliphatic carboxylic acids is 1. The number of carbonyl (C=O) groups is 4. The third-order valence-corrected chi connectivity index (χ3v) is 10.2. The molecule has 0 aliphatic rings. The van der Waals surface area contributed by atoms with Gasteiger partial charge in [0, 0.05) is 57.1 Å². The minimum atomic E-state index is -1.50. The number of carboxylic acids is 1. The van der Waals surface area contributed by atoms with Crippen LogP contribution in [0.3, 0.4) is 0 Å². The number of benzene rings is 2. The highest BCUT2D eigenvalue weighted by Crippen LogP contribution is 2.41. The number of amides is 3. The molecule has 0 bridgehead atoms. The van der Waals surface area contributed by atoms with E-state index in [9.17, 15) is 28.7 Å². The lowest BCUT2D eigenvalue weighted by molar-refractivity contribution is -0.139. The smallest absolute Gasteiger partial charge is 0.407 e. The Balaban J connectivity index is 2.01. The van der Waals surface area contributed by atoms with Crippen molar-refractivity contribution in [1.29, 1.82) is 0 Å². The number of alkyl carbamates (subject to hydrolysis) is 1. The highest BCUT2D eigenvalue weighted by molar-refractivity contribution is 6.76. The van der Waals surface area contributed by atoms with Crippen molar-refractivity contribution in [3.05, 3.63) is 83.7 Å². The normalized spacial score (nSPS) is 12.9. The molecule has 1 heterocycles. The molecule has 11 nitrogen and oxygen atoms in total. The number of nitrogens with zero attached hydrogens (tertiary/aromatic N) is 2. The van der Waals surface area contributed by atoms with Gasteiger partial charge in [-0.25, -0.2) is 13.6 Å². The number of aromatic nitrogens is 1. The zero-order valence-electron chi connectivity index (χ0n) is 30.9. The molecule has 0 aliphatic heterocycles. The predicted octanol–water partition coefficient (Wildman–Crippen LogP) is 6.19. The highest BCUT2D eigenvalue weighted by atomic mass is 28.3. The van der Waals surface area contributed by atoms with Crippen LogP contribution in [0.15, 0.2) is 60.8 Å². The highest BCUT2D eigenvalue weighted by Gasteiger charge is 2.37. The third-order valence-electron chi connectivity index (χ3n) is 8.47. The Morgan fingerprint density at radius 1 is 1.00 bits per heavy atom. The number of aliphatic hydroxyl groups excluding tert-OH is 1. The van der Waals surface area contributed by atoms with Crippen LogP contribution < -0.4 is 10.6 Å². The maximum absolute atomic E-state index is 15.1. The summed E-state index contributed by atoms with van der Waals surface area (Å²) in [5, 5.41) is 24.6. The summed E-state index contributed by atoms with van der Waals surface area (Å²) in [6.45, 7) is 11.9. The molecule has 4 N–H and O–H groups in total. The number of halogens is 2. The number of ether oxygens (including phenoxy) is 1. The van der Waals surface area contributed by atoms with E-state index in [1.54, 1.807) is 12.3 Å². The van der Waals surface area contributed by atoms with E-state index in [2.05, 4.69) is 30.3 Å². The first-order chi connectivity index (χ1) is 24.4. The van der Waals surface area contributed by atoms with Crippen molar-refractivity contribution in [3.8, 4) is 11.1 Å². The average Bonchev–Trinajstić information content (AvgIpc) is 3.46. The molecule has 1 unspecified atom stereocenters. The molecule has 0 aliphatic carbocycles. The van der Waals surface area contributed by atoms with Gasteiger partial charge in [0.05, 0.1) is 25.1 Å². The number of nitrogens with one attached hydrogen (secondary N) is 2. The van der Waals surface area contributed by atoms with Gasteiger partial charge in [0.25, 0.3) is 0 Å². The SMILES string of the molecule is CC(C)(C)C(c1cc(-c2cc(F)ccc2F)cn1Cc1ccccc1)N(CC[C@@H](CNC(=O)CCC(=O)O)NC(=O)OCC[Si](C)(C)C)C(=O)CO. The van der Waals surface area contributed by atoms with E-state index in [1.165, 1.54) is 4.90 Å². The molecular formula is C38H52F2N4O7Si. The second-order valence-electron chi connectivity index (χ2n) is 15.2. The fourth-order valence-corrected chi connectivity index (χ4v) is 6.54. The van der Waals surface area contributed by atoms with Crippen molar-refractivity contribution < 1.29 is 42.9 Å². The van der Waals surface area contributed by atoms with Crippen molar-refractivity contribution in [2.45, 2.75) is 84.3 Å². The van der Waals surface area contributed by atoms with Crippen LogP contribution >= 0.6 is 0 Å². The molecule has 2 atom stereocenters. The van der Waals surface area contributed by atoms with Gasteiger partial charge in [-0.15, -0.1) is 0 Å². The van der Waals surface area contributed by atoms with E-state index in [0.29, 0.717) is 17.8 Å². The minimum absolute atomic E-state index is 0.00630. The molecule has 2 aromatic carbocycles. The maximum Gasteiger partial charge on any atom is 0.407 e. The molecule has 0 saturated carbocycles. The quantitative estimate of drug-likeness (QED) is 0.114. The van der Waals surface area contributed by atoms with Gasteiger partial charge in [-0.2, -0.15) is 0 Å². The topological polar surface area (TPSA) is 150 Å². The lowest BCUT2D eigenvalue weighted by Gasteiger charge is -2.41. The van der Waals surface area contributed by atoms with Crippen LogP contribution in [0.4, 0.5) is 13.6 Å². The summed E-state index contributed by atoms with van der Waals surface area (Å²) in [6, 6.07) is 13.8. The largest absolute Gasteiger partial charge is 0.481 e. The van der Waals surface area contributed by atoms with Crippen LogP contribution in [-0.2, 0) is 25.7 Å². The summed E-state index contributed by atoms with van der Waals surface area (Å²) in [6.07, 6.45) is 0.517. The first-order valence-electron chi connectivity index (χ1n) is 17.4. The Morgan fingerprint density at radius 2 is 1.69 bits per heavy atom. The van der Waals surface area contributed by atoms with Crippen LogP contribution in [-0.4, -0.2) is 84.0 Å². The Bertz CT molecular complexity index is 1670. The lowest BCUT2D eigenvalue weighted by atomic mass is 9.82. The molecule has 0 saturated heterocycles. The predicted molar refractivity (Wildman–Crippen MR) is 197 cm³/mol. The summed E-state index contributed by atoms with van der Waals surface area (Å²) in [5.74, 6) is -3.47. The number of aliphatic hydroxyl groups is 1. The van der Waals surface area contributed by atoms with Gasteiger partial charge in [-0.3, -0.25) is 14.4 Å². The van der Waals surface area contributed by atoms with Crippen LogP contribution in [0, 0.1) is 17.0 Å². The molecule has 52 heavy (non-hydrogen) atoms. The third kappa shape index (κ3) is 13.2. The van der Waals surface area contributed by atoms with Gasteiger partial charge in [0.2, 0.25) is 11.8 Å². The van der Waals surface area contributed by atoms with E-state index in [4.69, 9.17) is 9.84 Å². The van der Waals surface area contributed by atoms with Gasteiger partial charge in [-0.05, 0) is 47.7 Å². The van der Waals surface area contributed by atoms with E-state index in [-0.39, 0.29) is 44.5 Å². The van der Waals surface area contributed by atoms with Crippen LogP contribution in [0.1, 0.15) is 57.3 Å². The minimum Gasteiger partial charge on any atom is -0.481 e.